The van der Waals surface area contributed by atoms with Gasteiger partial charge in [0.1, 0.15) is 0 Å². The van der Waals surface area contributed by atoms with E-state index in [1.165, 1.54) is 5.56 Å². The zero-order valence-electron chi connectivity index (χ0n) is 15.4. The van der Waals surface area contributed by atoms with Crippen LogP contribution in [0.4, 0.5) is 10.5 Å². The highest BCUT2D eigenvalue weighted by Crippen LogP contribution is 2.20. The standard InChI is InChI=1S/C21H24ClN3O2/c1-15-7-8-18(22)12-19(15)24-21(27)23-13-17-11-20(26)25(14-17)10-9-16-5-3-2-4-6-16/h2-8,12,17H,9-11,13-14H2,1H3,(H2,23,24,27)/t17-/m0/s1. The lowest BCUT2D eigenvalue weighted by atomic mass is 10.1. The molecule has 0 spiro atoms. The summed E-state index contributed by atoms with van der Waals surface area (Å²) >= 11 is 5.97. The molecule has 2 aromatic carbocycles. The Morgan fingerprint density at radius 2 is 2.00 bits per heavy atom. The molecule has 3 rings (SSSR count). The first-order chi connectivity index (χ1) is 13.0. The number of carbonyl (C=O) groups is 2. The van der Waals surface area contributed by atoms with Gasteiger partial charge in [0.2, 0.25) is 5.91 Å². The minimum Gasteiger partial charge on any atom is -0.342 e. The van der Waals surface area contributed by atoms with E-state index < -0.39 is 0 Å². The lowest BCUT2D eigenvalue weighted by molar-refractivity contribution is -0.127. The van der Waals surface area contributed by atoms with Crippen molar-refractivity contribution in [3.05, 3.63) is 64.7 Å². The summed E-state index contributed by atoms with van der Waals surface area (Å²) in [5.74, 6) is 0.295. The topological polar surface area (TPSA) is 61.4 Å². The minimum atomic E-state index is -0.282. The highest BCUT2D eigenvalue weighted by atomic mass is 35.5. The Hall–Kier alpha value is -2.53. The number of aryl methyl sites for hydroxylation is 1. The molecule has 142 valence electrons. The van der Waals surface area contributed by atoms with E-state index in [0.29, 0.717) is 36.8 Å². The molecular formula is C21H24ClN3O2. The largest absolute Gasteiger partial charge is 0.342 e. The molecule has 0 saturated carbocycles. The van der Waals surface area contributed by atoms with Gasteiger partial charge in [0.15, 0.2) is 0 Å². The molecule has 0 radical (unpaired) electrons. The predicted molar refractivity (Wildman–Crippen MR) is 108 cm³/mol. The van der Waals surface area contributed by atoms with Crippen LogP contribution in [0.15, 0.2) is 48.5 Å². The molecule has 2 aromatic rings. The fraction of sp³-hybridized carbons (Fsp3) is 0.333. The third-order valence-corrected chi connectivity index (χ3v) is 5.04. The van der Waals surface area contributed by atoms with Crippen LogP contribution in [0.2, 0.25) is 5.02 Å². The van der Waals surface area contributed by atoms with Gasteiger partial charge in [-0.25, -0.2) is 4.79 Å². The SMILES string of the molecule is Cc1ccc(Cl)cc1NC(=O)NC[C@@H]1CC(=O)N(CCc2ccccc2)C1. The molecule has 5 nitrogen and oxygen atoms in total. The second-order valence-electron chi connectivity index (χ2n) is 6.94. The van der Waals surface area contributed by atoms with E-state index in [9.17, 15) is 9.59 Å². The van der Waals surface area contributed by atoms with Crippen molar-refractivity contribution in [2.75, 3.05) is 25.0 Å². The van der Waals surface area contributed by atoms with Gasteiger partial charge in [0, 0.05) is 42.7 Å². The van der Waals surface area contributed by atoms with Crippen molar-refractivity contribution in [1.29, 1.82) is 0 Å². The predicted octanol–water partition coefficient (Wildman–Crippen LogP) is 3.86. The molecule has 0 aliphatic carbocycles. The molecule has 2 N–H and O–H groups in total. The Labute approximate surface area is 164 Å². The van der Waals surface area contributed by atoms with Crippen LogP contribution in [0, 0.1) is 12.8 Å². The Balaban J connectivity index is 1.44. The third-order valence-electron chi connectivity index (χ3n) is 4.81. The van der Waals surface area contributed by atoms with Crippen molar-refractivity contribution < 1.29 is 9.59 Å². The summed E-state index contributed by atoms with van der Waals surface area (Å²) in [6, 6.07) is 15.2. The Morgan fingerprint density at radius 3 is 2.78 bits per heavy atom. The summed E-state index contributed by atoms with van der Waals surface area (Å²) in [7, 11) is 0. The number of nitrogens with one attached hydrogen (secondary N) is 2. The Morgan fingerprint density at radius 1 is 1.22 bits per heavy atom. The summed E-state index contributed by atoms with van der Waals surface area (Å²) in [6.45, 7) is 3.78. The minimum absolute atomic E-state index is 0.138. The molecule has 0 aromatic heterocycles. The average Bonchev–Trinajstić information content (AvgIpc) is 3.02. The maximum atomic E-state index is 12.2. The molecule has 3 amide bonds. The number of rotatable bonds is 6. The van der Waals surface area contributed by atoms with Gasteiger partial charge in [-0.1, -0.05) is 48.0 Å². The number of nitrogens with zero attached hydrogens (tertiary/aromatic N) is 1. The molecule has 1 aliphatic heterocycles. The highest BCUT2D eigenvalue weighted by molar-refractivity contribution is 6.31. The summed E-state index contributed by atoms with van der Waals surface area (Å²) < 4.78 is 0. The fourth-order valence-electron chi connectivity index (χ4n) is 3.25. The molecule has 1 atom stereocenters. The molecule has 1 heterocycles. The number of halogens is 1. The smallest absolute Gasteiger partial charge is 0.319 e. The van der Waals surface area contributed by atoms with Crippen LogP contribution in [-0.2, 0) is 11.2 Å². The summed E-state index contributed by atoms with van der Waals surface area (Å²) in [5, 5.41) is 6.25. The van der Waals surface area contributed by atoms with E-state index in [-0.39, 0.29) is 17.9 Å². The van der Waals surface area contributed by atoms with Crippen molar-refractivity contribution in [3.8, 4) is 0 Å². The van der Waals surface area contributed by atoms with Crippen molar-refractivity contribution in [3.63, 3.8) is 0 Å². The van der Waals surface area contributed by atoms with Gasteiger partial charge in [-0.15, -0.1) is 0 Å². The molecule has 6 heteroatoms. The molecule has 1 saturated heterocycles. The van der Waals surface area contributed by atoms with Crippen molar-refractivity contribution in [1.82, 2.24) is 10.2 Å². The first kappa shape index (κ1) is 19.2. The zero-order valence-corrected chi connectivity index (χ0v) is 16.1. The molecule has 1 fully saturated rings. The molecule has 1 aliphatic rings. The van der Waals surface area contributed by atoms with Gasteiger partial charge in [-0.2, -0.15) is 0 Å². The molecule has 27 heavy (non-hydrogen) atoms. The number of hydrogen-bond donors (Lipinski definition) is 2. The van der Waals surface area contributed by atoms with Crippen LogP contribution >= 0.6 is 11.6 Å². The van der Waals surface area contributed by atoms with Crippen LogP contribution in [0.1, 0.15) is 17.5 Å². The van der Waals surface area contributed by atoms with E-state index in [0.717, 1.165) is 12.0 Å². The van der Waals surface area contributed by atoms with E-state index in [1.54, 1.807) is 12.1 Å². The molecular weight excluding hydrogens is 362 g/mol. The number of benzene rings is 2. The first-order valence-electron chi connectivity index (χ1n) is 9.14. The van der Waals surface area contributed by atoms with Crippen molar-refractivity contribution in [2.24, 2.45) is 5.92 Å². The average molecular weight is 386 g/mol. The van der Waals surface area contributed by atoms with Gasteiger partial charge < -0.3 is 15.5 Å². The maximum Gasteiger partial charge on any atom is 0.319 e. The van der Waals surface area contributed by atoms with Gasteiger partial charge in [0.25, 0.3) is 0 Å². The highest BCUT2D eigenvalue weighted by Gasteiger charge is 2.29. The van der Waals surface area contributed by atoms with E-state index in [2.05, 4.69) is 22.8 Å². The lowest BCUT2D eigenvalue weighted by Crippen LogP contribution is -2.34. The van der Waals surface area contributed by atoms with Gasteiger partial charge in [0.05, 0.1) is 0 Å². The van der Waals surface area contributed by atoms with Crippen molar-refractivity contribution in [2.45, 2.75) is 19.8 Å². The third kappa shape index (κ3) is 5.47. The number of urea groups is 1. The quantitative estimate of drug-likeness (QED) is 0.793. The maximum absolute atomic E-state index is 12.2. The van der Waals surface area contributed by atoms with Crippen LogP contribution in [0.25, 0.3) is 0 Å². The first-order valence-corrected chi connectivity index (χ1v) is 9.52. The van der Waals surface area contributed by atoms with Crippen LogP contribution in [0.3, 0.4) is 0 Å². The van der Waals surface area contributed by atoms with Gasteiger partial charge >= 0.3 is 6.03 Å². The Kier molecular flexibility index (Phi) is 6.35. The monoisotopic (exact) mass is 385 g/mol. The molecule has 0 bridgehead atoms. The zero-order chi connectivity index (χ0) is 19.2. The van der Waals surface area contributed by atoms with Gasteiger partial charge in [-0.3, -0.25) is 4.79 Å². The second-order valence-corrected chi connectivity index (χ2v) is 7.38. The van der Waals surface area contributed by atoms with Crippen LogP contribution < -0.4 is 10.6 Å². The van der Waals surface area contributed by atoms with Crippen molar-refractivity contribution >= 4 is 29.2 Å². The number of likely N-dealkylation sites (tertiary alicyclic amines) is 1. The fourth-order valence-corrected chi connectivity index (χ4v) is 3.42. The Bertz CT molecular complexity index is 810. The number of anilines is 1. The lowest BCUT2D eigenvalue weighted by Gasteiger charge is -2.17. The summed E-state index contributed by atoms with van der Waals surface area (Å²) in [6.07, 6.45) is 1.33. The second kappa shape index (κ2) is 8.91. The van der Waals surface area contributed by atoms with E-state index in [4.69, 9.17) is 11.6 Å². The summed E-state index contributed by atoms with van der Waals surface area (Å²) in [4.78, 5) is 26.2. The van der Waals surface area contributed by atoms with E-state index >= 15 is 0 Å². The molecule has 0 unspecified atom stereocenters. The number of amides is 3. The van der Waals surface area contributed by atoms with Crippen LogP contribution in [0.5, 0.6) is 0 Å². The number of carbonyl (C=O) groups excluding carboxylic acids is 2. The summed E-state index contributed by atoms with van der Waals surface area (Å²) in [5.41, 5.74) is 2.85. The number of hydrogen-bond acceptors (Lipinski definition) is 2. The van der Waals surface area contributed by atoms with Crippen LogP contribution in [-0.4, -0.2) is 36.5 Å². The van der Waals surface area contributed by atoms with E-state index in [1.807, 2.05) is 36.1 Å². The normalized spacial score (nSPS) is 16.4. The van der Waals surface area contributed by atoms with Gasteiger partial charge in [-0.05, 0) is 36.6 Å².